The van der Waals surface area contributed by atoms with Gasteiger partial charge in [0.05, 0.1) is 12.2 Å². The van der Waals surface area contributed by atoms with Crippen molar-refractivity contribution in [1.82, 2.24) is 10.1 Å². The number of nitrogens with one attached hydrogen (secondary N) is 1. The van der Waals surface area contributed by atoms with Gasteiger partial charge in [0, 0.05) is 17.7 Å². The van der Waals surface area contributed by atoms with E-state index in [9.17, 15) is 4.79 Å². The highest BCUT2D eigenvalue weighted by molar-refractivity contribution is 5.96. The van der Waals surface area contributed by atoms with Crippen LogP contribution in [0.25, 0.3) is 17.1 Å². The predicted molar refractivity (Wildman–Crippen MR) is 88.5 cm³/mol. The third-order valence-corrected chi connectivity index (χ3v) is 3.10. The molecule has 0 saturated heterocycles. The minimum atomic E-state index is -0.523. The number of hydrogen-bond acceptors (Lipinski definition) is 5. The van der Waals surface area contributed by atoms with Crippen molar-refractivity contribution in [3.05, 3.63) is 36.7 Å². The van der Waals surface area contributed by atoms with Crippen molar-refractivity contribution in [1.29, 1.82) is 0 Å². The summed E-state index contributed by atoms with van der Waals surface area (Å²) in [7, 11) is 0. The van der Waals surface area contributed by atoms with Crippen LogP contribution in [0.3, 0.4) is 0 Å². The van der Waals surface area contributed by atoms with Gasteiger partial charge in [-0.05, 0) is 19.1 Å². The van der Waals surface area contributed by atoms with Gasteiger partial charge in [-0.25, -0.2) is 4.98 Å². The highest BCUT2D eigenvalue weighted by Crippen LogP contribution is 2.29. The molecule has 2 aromatic rings. The highest BCUT2D eigenvalue weighted by atomic mass is 16.5. The molecule has 0 unspecified atom stereocenters. The van der Waals surface area contributed by atoms with Crippen LogP contribution >= 0.6 is 0 Å². The molecule has 0 atom stereocenters. The fraction of sp³-hybridized carbons (Fsp3) is 0.353. The van der Waals surface area contributed by atoms with E-state index in [-0.39, 0.29) is 5.91 Å². The molecule has 6 heteroatoms. The Morgan fingerprint density at radius 2 is 2.17 bits per heavy atom. The second-order valence-electron chi connectivity index (χ2n) is 6.04. The zero-order valence-electron chi connectivity index (χ0n) is 13.8. The van der Waals surface area contributed by atoms with Crippen molar-refractivity contribution in [2.45, 2.75) is 27.7 Å². The number of hydrogen-bond donors (Lipinski definition) is 1. The van der Waals surface area contributed by atoms with Crippen LogP contribution in [0.2, 0.25) is 0 Å². The quantitative estimate of drug-likeness (QED) is 0.851. The summed E-state index contributed by atoms with van der Waals surface area (Å²) in [4.78, 5) is 16.4. The second kappa shape index (κ2) is 6.64. The molecule has 1 N–H and O–H groups in total. The third-order valence-electron chi connectivity index (χ3n) is 3.10. The number of amides is 1. The fourth-order valence-corrected chi connectivity index (χ4v) is 1.78. The van der Waals surface area contributed by atoms with Gasteiger partial charge in [-0.2, -0.15) is 0 Å². The molecule has 23 heavy (non-hydrogen) atoms. The second-order valence-corrected chi connectivity index (χ2v) is 6.04. The van der Waals surface area contributed by atoms with E-state index in [4.69, 9.17) is 9.26 Å². The number of nitrogens with zero attached hydrogens (tertiary/aromatic N) is 2. The highest BCUT2D eigenvalue weighted by Gasteiger charge is 2.23. The molecule has 0 aliphatic heterocycles. The van der Waals surface area contributed by atoms with Crippen molar-refractivity contribution in [3.8, 4) is 11.3 Å². The first-order chi connectivity index (χ1) is 10.8. The molecule has 2 aromatic heterocycles. The molecule has 1 amide bonds. The Balaban J connectivity index is 2.31. The van der Waals surface area contributed by atoms with Crippen LogP contribution in [-0.2, 0) is 9.53 Å². The Morgan fingerprint density at radius 3 is 2.83 bits per heavy atom. The van der Waals surface area contributed by atoms with E-state index in [1.165, 1.54) is 0 Å². The first-order valence-electron chi connectivity index (χ1n) is 7.38. The number of aromatic nitrogens is 2. The summed E-state index contributed by atoms with van der Waals surface area (Å²) in [6.45, 7) is 11.7. The summed E-state index contributed by atoms with van der Waals surface area (Å²) in [6, 6.07) is 5.28. The zero-order chi connectivity index (χ0) is 17.0. The number of anilines is 1. The van der Waals surface area contributed by atoms with Gasteiger partial charge in [0.2, 0.25) is 5.91 Å². The lowest BCUT2D eigenvalue weighted by atomic mass is 9.95. The monoisotopic (exact) mass is 315 g/mol. The molecular weight excluding hydrogens is 294 g/mol. The van der Waals surface area contributed by atoms with Crippen molar-refractivity contribution in [2.24, 2.45) is 5.41 Å². The first-order valence-corrected chi connectivity index (χ1v) is 7.38. The summed E-state index contributed by atoms with van der Waals surface area (Å²) >= 11 is 0. The average Bonchev–Trinajstić information content (AvgIpc) is 2.97. The Kier molecular flexibility index (Phi) is 4.83. The van der Waals surface area contributed by atoms with Gasteiger partial charge in [-0.1, -0.05) is 32.5 Å². The first kappa shape index (κ1) is 16.7. The average molecular weight is 315 g/mol. The van der Waals surface area contributed by atoms with E-state index in [2.05, 4.69) is 22.0 Å². The lowest BCUT2D eigenvalue weighted by Gasteiger charge is -2.18. The van der Waals surface area contributed by atoms with Crippen LogP contribution < -0.4 is 5.32 Å². The molecule has 0 aliphatic rings. The molecule has 0 bridgehead atoms. The summed E-state index contributed by atoms with van der Waals surface area (Å²) in [5.41, 5.74) is 0.636. The number of rotatable bonds is 5. The largest absolute Gasteiger partial charge is 0.492 e. The number of ether oxygens (including phenoxy) is 1. The third kappa shape index (κ3) is 3.97. The van der Waals surface area contributed by atoms with E-state index >= 15 is 0 Å². The minimum absolute atomic E-state index is 0.129. The molecule has 6 nitrogen and oxygen atoms in total. The van der Waals surface area contributed by atoms with E-state index in [0.717, 1.165) is 0 Å². The Labute approximate surface area is 135 Å². The molecule has 0 saturated carbocycles. The van der Waals surface area contributed by atoms with Gasteiger partial charge >= 0.3 is 0 Å². The van der Waals surface area contributed by atoms with E-state index in [1.54, 1.807) is 24.4 Å². The van der Waals surface area contributed by atoms with Gasteiger partial charge in [-0.15, -0.1) is 0 Å². The van der Waals surface area contributed by atoms with E-state index in [1.807, 2.05) is 27.7 Å². The van der Waals surface area contributed by atoms with Crippen LogP contribution in [0.4, 0.5) is 5.82 Å². The standard InChI is InChI=1S/C17H21N3O3/c1-6-22-11(2)13-10-14(23-20-13)12-8-7-9-18-15(12)19-16(21)17(3,4)5/h7-10H,2,6H2,1,3-5H3,(H,18,19,21). The Hall–Kier alpha value is -2.63. The van der Waals surface area contributed by atoms with Gasteiger partial charge < -0.3 is 14.6 Å². The van der Waals surface area contributed by atoms with Crippen LogP contribution in [-0.4, -0.2) is 22.7 Å². The summed E-state index contributed by atoms with van der Waals surface area (Å²) in [5.74, 6) is 1.22. The van der Waals surface area contributed by atoms with Gasteiger partial charge in [-0.3, -0.25) is 4.79 Å². The summed E-state index contributed by atoms with van der Waals surface area (Å²) in [6.07, 6.45) is 1.61. The lowest BCUT2D eigenvalue weighted by molar-refractivity contribution is -0.123. The molecule has 2 rings (SSSR count). The minimum Gasteiger partial charge on any atom is -0.492 e. The van der Waals surface area contributed by atoms with Crippen molar-refractivity contribution in [3.63, 3.8) is 0 Å². The zero-order valence-corrected chi connectivity index (χ0v) is 13.8. The maximum atomic E-state index is 12.2. The van der Waals surface area contributed by atoms with Crippen LogP contribution in [0.1, 0.15) is 33.4 Å². The molecule has 0 fully saturated rings. The summed E-state index contributed by atoms with van der Waals surface area (Å²) in [5, 5.41) is 6.76. The van der Waals surface area contributed by atoms with E-state index < -0.39 is 5.41 Å². The van der Waals surface area contributed by atoms with Crippen molar-refractivity contribution < 1.29 is 14.1 Å². The predicted octanol–water partition coefficient (Wildman–Crippen LogP) is 3.73. The normalized spacial score (nSPS) is 11.1. The summed E-state index contributed by atoms with van der Waals surface area (Å²) < 4.78 is 10.7. The SMILES string of the molecule is C=C(OCC)c1cc(-c2cccnc2NC(=O)C(C)(C)C)on1. The molecule has 2 heterocycles. The van der Waals surface area contributed by atoms with Crippen molar-refractivity contribution in [2.75, 3.05) is 11.9 Å². The molecule has 0 aliphatic carbocycles. The number of carbonyl (C=O) groups excluding carboxylic acids is 1. The number of carbonyl (C=O) groups is 1. The van der Waals surface area contributed by atoms with Gasteiger partial charge in [0.1, 0.15) is 17.3 Å². The molecule has 122 valence electrons. The van der Waals surface area contributed by atoms with Crippen LogP contribution in [0.15, 0.2) is 35.5 Å². The molecular formula is C17H21N3O3. The molecule has 0 radical (unpaired) electrons. The molecule has 0 spiro atoms. The van der Waals surface area contributed by atoms with Gasteiger partial charge in [0.15, 0.2) is 5.76 Å². The van der Waals surface area contributed by atoms with Gasteiger partial charge in [0.25, 0.3) is 0 Å². The molecule has 0 aromatic carbocycles. The lowest BCUT2D eigenvalue weighted by Crippen LogP contribution is -2.28. The Morgan fingerprint density at radius 1 is 1.43 bits per heavy atom. The van der Waals surface area contributed by atoms with Crippen LogP contribution in [0, 0.1) is 5.41 Å². The maximum absolute atomic E-state index is 12.2. The van der Waals surface area contributed by atoms with Crippen LogP contribution in [0.5, 0.6) is 0 Å². The Bertz CT molecular complexity index is 714. The van der Waals surface area contributed by atoms with E-state index in [0.29, 0.717) is 35.2 Å². The topological polar surface area (TPSA) is 77.2 Å². The fourth-order valence-electron chi connectivity index (χ4n) is 1.78. The number of pyridine rings is 1. The maximum Gasteiger partial charge on any atom is 0.230 e. The smallest absolute Gasteiger partial charge is 0.230 e. The van der Waals surface area contributed by atoms with Crippen molar-refractivity contribution >= 4 is 17.5 Å².